The van der Waals surface area contributed by atoms with Crippen LogP contribution in [-0.2, 0) is 27.1 Å². The number of carbonyl (C=O) groups excluding carboxylic acids is 2. The Labute approximate surface area is 288 Å². The molecule has 48 heavy (non-hydrogen) atoms. The number of Topliss-reactive ketones (excluding diaryl/α,β-unsaturated/α-hetero) is 1. The fourth-order valence-electron chi connectivity index (χ4n) is 6.00. The van der Waals surface area contributed by atoms with Crippen molar-refractivity contribution in [1.29, 1.82) is 0 Å². The van der Waals surface area contributed by atoms with E-state index in [4.69, 9.17) is 14.2 Å². The third-order valence-electron chi connectivity index (χ3n) is 8.35. The number of ether oxygens (including phenoxy) is 3. The van der Waals surface area contributed by atoms with E-state index in [0.29, 0.717) is 30.4 Å². The number of ketones is 1. The van der Waals surface area contributed by atoms with Crippen molar-refractivity contribution in [2.75, 3.05) is 26.8 Å². The molecular formula is C37H38BrN3O7. The Hall–Kier alpha value is -4.58. The number of hydrogen-bond donors (Lipinski definition) is 2. The minimum absolute atomic E-state index is 0.112. The zero-order valence-corrected chi connectivity index (χ0v) is 28.1. The molecule has 0 aliphatic carbocycles. The van der Waals surface area contributed by atoms with Crippen molar-refractivity contribution in [2.24, 2.45) is 0 Å². The van der Waals surface area contributed by atoms with E-state index in [1.54, 1.807) is 12.1 Å². The first-order chi connectivity index (χ1) is 23.3. The van der Waals surface area contributed by atoms with Crippen molar-refractivity contribution in [3.8, 4) is 5.75 Å². The number of hydrogen-bond acceptors (Lipinski definition) is 8. The summed E-state index contributed by atoms with van der Waals surface area (Å²) in [6.45, 7) is 1.37. The van der Waals surface area contributed by atoms with Crippen LogP contribution < -0.4 is 15.4 Å². The predicted octanol–water partition coefficient (Wildman–Crippen LogP) is 6.39. The van der Waals surface area contributed by atoms with Crippen LogP contribution in [0.4, 0.5) is 10.5 Å². The standard InChI is InChI=1S/C37H38BrN3O7/c1-46-37(43)40-36(35(26-11-4-2-5-12-26)27-13-6-3-7-14-27)33(42)20-28-15-9-8-10-25(28)16-18-30-22-39-23-31(48-30)24-47-34-19-17-29(38)21-32(34)41(44)45/h2-15,17,19,21,30-31,35-36,39H,16,18,20,22-24H2,1H3,(H,40,43)/t30-,31+,36-/m1/s1. The van der Waals surface area contributed by atoms with E-state index in [-0.39, 0.29) is 42.5 Å². The Kier molecular flexibility index (Phi) is 12.3. The van der Waals surface area contributed by atoms with Crippen LogP contribution >= 0.6 is 15.9 Å². The molecule has 3 atom stereocenters. The van der Waals surface area contributed by atoms with Crippen molar-refractivity contribution < 1.29 is 28.7 Å². The molecule has 1 amide bonds. The summed E-state index contributed by atoms with van der Waals surface area (Å²) in [5, 5.41) is 17.7. The number of morpholine rings is 1. The molecule has 4 aromatic rings. The van der Waals surface area contributed by atoms with E-state index in [1.165, 1.54) is 13.2 Å². The van der Waals surface area contributed by atoms with Crippen molar-refractivity contribution >= 4 is 33.5 Å². The number of halogens is 1. The molecule has 1 heterocycles. The third-order valence-corrected chi connectivity index (χ3v) is 8.84. The number of aryl methyl sites for hydroxylation is 1. The van der Waals surface area contributed by atoms with Gasteiger partial charge < -0.3 is 24.8 Å². The number of benzene rings is 4. The summed E-state index contributed by atoms with van der Waals surface area (Å²) < 4.78 is 17.6. The molecule has 0 saturated carbocycles. The van der Waals surface area contributed by atoms with Crippen LogP contribution in [0.25, 0.3) is 0 Å². The Bertz CT molecular complexity index is 1650. The van der Waals surface area contributed by atoms with Gasteiger partial charge in [-0.05, 0) is 47.2 Å². The van der Waals surface area contributed by atoms with E-state index in [1.807, 2.05) is 84.9 Å². The maximum atomic E-state index is 14.2. The van der Waals surface area contributed by atoms with Gasteiger partial charge in [-0.25, -0.2) is 4.79 Å². The highest BCUT2D eigenvalue weighted by atomic mass is 79.9. The van der Waals surface area contributed by atoms with Gasteiger partial charge in [0.25, 0.3) is 0 Å². The summed E-state index contributed by atoms with van der Waals surface area (Å²) in [5.74, 6) is -0.375. The largest absolute Gasteiger partial charge is 0.484 e. The quantitative estimate of drug-likeness (QED) is 0.114. The Morgan fingerprint density at radius 2 is 1.56 bits per heavy atom. The fraction of sp³-hybridized carbons (Fsp3) is 0.297. The molecule has 1 aliphatic rings. The van der Waals surface area contributed by atoms with Gasteiger partial charge in [0, 0.05) is 36.0 Å². The summed E-state index contributed by atoms with van der Waals surface area (Å²) in [5.41, 5.74) is 3.60. The molecule has 4 aromatic carbocycles. The lowest BCUT2D eigenvalue weighted by Gasteiger charge is -2.31. The van der Waals surface area contributed by atoms with E-state index < -0.39 is 23.0 Å². The highest BCUT2D eigenvalue weighted by molar-refractivity contribution is 9.10. The minimum atomic E-state index is -0.872. The Balaban J connectivity index is 1.27. The Morgan fingerprint density at radius 3 is 2.21 bits per heavy atom. The molecule has 250 valence electrons. The van der Waals surface area contributed by atoms with Crippen molar-refractivity contribution in [3.63, 3.8) is 0 Å². The summed E-state index contributed by atoms with van der Waals surface area (Å²) in [4.78, 5) is 37.7. The number of nitrogens with one attached hydrogen (secondary N) is 2. The smallest absolute Gasteiger partial charge is 0.407 e. The molecule has 1 saturated heterocycles. The molecule has 0 bridgehead atoms. The molecule has 0 radical (unpaired) electrons. The van der Waals surface area contributed by atoms with Crippen molar-refractivity contribution in [1.82, 2.24) is 10.6 Å². The number of rotatable bonds is 14. The highest BCUT2D eigenvalue weighted by Gasteiger charge is 2.33. The second-order valence-corrected chi connectivity index (χ2v) is 12.5. The molecule has 5 rings (SSSR count). The zero-order chi connectivity index (χ0) is 33.9. The van der Waals surface area contributed by atoms with Crippen LogP contribution in [0.2, 0.25) is 0 Å². The molecule has 0 unspecified atom stereocenters. The van der Waals surface area contributed by atoms with Crippen LogP contribution in [0.15, 0.2) is 108 Å². The SMILES string of the molecule is COC(=O)N[C@H](C(=O)Cc1ccccc1CC[C@@H]1CNC[C@@H](COc2ccc(Br)cc2[N+](=O)[O-])O1)C(c1ccccc1)c1ccccc1. The van der Waals surface area contributed by atoms with Gasteiger partial charge in [0.15, 0.2) is 11.5 Å². The summed E-state index contributed by atoms with van der Waals surface area (Å²) in [7, 11) is 1.29. The molecule has 11 heteroatoms. The number of amides is 1. The molecule has 2 N–H and O–H groups in total. The van der Waals surface area contributed by atoms with E-state index in [2.05, 4.69) is 26.6 Å². The molecule has 1 aliphatic heterocycles. The first-order valence-corrected chi connectivity index (χ1v) is 16.6. The number of nitrogens with zero attached hydrogens (tertiary/aromatic N) is 1. The number of carbonyl (C=O) groups is 2. The number of nitro groups is 1. The molecule has 0 spiro atoms. The van der Waals surface area contributed by atoms with Gasteiger partial charge in [0.1, 0.15) is 18.8 Å². The minimum Gasteiger partial charge on any atom is -0.484 e. The molecule has 1 fully saturated rings. The average molecular weight is 717 g/mol. The zero-order valence-electron chi connectivity index (χ0n) is 26.5. The van der Waals surface area contributed by atoms with Gasteiger partial charge >= 0.3 is 11.8 Å². The van der Waals surface area contributed by atoms with Crippen molar-refractivity contribution in [2.45, 2.75) is 43.4 Å². The molecule has 10 nitrogen and oxygen atoms in total. The van der Waals surface area contributed by atoms with Gasteiger partial charge in [-0.15, -0.1) is 0 Å². The van der Waals surface area contributed by atoms with Crippen LogP contribution in [0.5, 0.6) is 5.75 Å². The maximum Gasteiger partial charge on any atom is 0.407 e. The lowest BCUT2D eigenvalue weighted by molar-refractivity contribution is -0.386. The van der Waals surface area contributed by atoms with Gasteiger partial charge in [-0.3, -0.25) is 14.9 Å². The Morgan fingerprint density at radius 1 is 0.938 bits per heavy atom. The average Bonchev–Trinajstić information content (AvgIpc) is 3.11. The third kappa shape index (κ3) is 9.27. The van der Waals surface area contributed by atoms with Gasteiger partial charge in [0.05, 0.1) is 18.1 Å². The van der Waals surface area contributed by atoms with E-state index >= 15 is 0 Å². The summed E-state index contributed by atoms with van der Waals surface area (Å²) >= 11 is 3.26. The topological polar surface area (TPSA) is 129 Å². The van der Waals surface area contributed by atoms with Crippen LogP contribution in [0, 0.1) is 10.1 Å². The van der Waals surface area contributed by atoms with E-state index in [0.717, 1.165) is 22.3 Å². The lowest BCUT2D eigenvalue weighted by Crippen LogP contribution is -2.47. The van der Waals surface area contributed by atoms with Gasteiger partial charge in [-0.2, -0.15) is 0 Å². The molecule has 0 aromatic heterocycles. The first kappa shape index (κ1) is 34.7. The summed E-state index contributed by atoms with van der Waals surface area (Å²) in [6, 6.07) is 31.0. The number of alkyl carbamates (subject to hydrolysis) is 1. The van der Waals surface area contributed by atoms with Gasteiger partial charge in [-0.1, -0.05) is 101 Å². The molecular weight excluding hydrogens is 678 g/mol. The second kappa shape index (κ2) is 17.0. The van der Waals surface area contributed by atoms with Gasteiger partial charge in [0.2, 0.25) is 0 Å². The summed E-state index contributed by atoms with van der Waals surface area (Å²) in [6.07, 6.45) is 0.388. The maximum absolute atomic E-state index is 14.2. The second-order valence-electron chi connectivity index (χ2n) is 11.6. The number of methoxy groups -OCH3 is 1. The fourth-order valence-corrected chi connectivity index (χ4v) is 6.35. The number of nitro benzene ring substituents is 1. The van der Waals surface area contributed by atoms with Crippen molar-refractivity contribution in [3.05, 3.63) is 140 Å². The van der Waals surface area contributed by atoms with Crippen LogP contribution in [0.3, 0.4) is 0 Å². The lowest BCUT2D eigenvalue weighted by atomic mass is 9.81. The monoisotopic (exact) mass is 715 g/mol. The van der Waals surface area contributed by atoms with E-state index in [9.17, 15) is 19.7 Å². The van der Waals surface area contributed by atoms with Crippen LogP contribution in [-0.4, -0.2) is 61.9 Å². The highest BCUT2D eigenvalue weighted by Crippen LogP contribution is 2.31. The normalized spacial score (nSPS) is 16.6. The predicted molar refractivity (Wildman–Crippen MR) is 185 cm³/mol. The first-order valence-electron chi connectivity index (χ1n) is 15.8. The van der Waals surface area contributed by atoms with Crippen LogP contribution in [0.1, 0.15) is 34.6 Å².